The second-order valence-electron chi connectivity index (χ2n) is 6.47. The van der Waals surface area contributed by atoms with Crippen LogP contribution in [0.1, 0.15) is 17.3 Å². The van der Waals surface area contributed by atoms with E-state index < -0.39 is 5.63 Å². The number of carbonyl (C=O) groups excluding carboxylic acids is 1. The quantitative estimate of drug-likeness (QED) is 0.485. The van der Waals surface area contributed by atoms with Crippen LogP contribution in [-0.4, -0.2) is 12.5 Å². The van der Waals surface area contributed by atoms with E-state index in [1.54, 1.807) is 60.7 Å². The van der Waals surface area contributed by atoms with Gasteiger partial charge in [0.05, 0.1) is 12.2 Å². The third kappa shape index (κ3) is 4.04. The molecular formula is C24H19NO4. The molecule has 0 saturated heterocycles. The van der Waals surface area contributed by atoms with Gasteiger partial charge in [-0.25, -0.2) is 4.79 Å². The highest BCUT2D eigenvalue weighted by Crippen LogP contribution is 2.22. The molecule has 0 radical (unpaired) electrons. The van der Waals surface area contributed by atoms with Gasteiger partial charge in [0.1, 0.15) is 11.3 Å². The third-order valence-corrected chi connectivity index (χ3v) is 4.52. The van der Waals surface area contributed by atoms with E-state index in [2.05, 4.69) is 5.32 Å². The maximum absolute atomic E-state index is 12.5. The van der Waals surface area contributed by atoms with Crippen LogP contribution in [0.3, 0.4) is 0 Å². The minimum atomic E-state index is -0.407. The number of para-hydroxylation sites is 1. The molecule has 4 rings (SSSR count). The molecule has 0 fully saturated rings. The van der Waals surface area contributed by atoms with Gasteiger partial charge in [-0.3, -0.25) is 4.79 Å². The Labute approximate surface area is 167 Å². The Hall–Kier alpha value is -3.86. The van der Waals surface area contributed by atoms with Crippen molar-refractivity contribution in [3.63, 3.8) is 0 Å². The van der Waals surface area contributed by atoms with Crippen molar-refractivity contribution >= 4 is 22.6 Å². The Kier molecular flexibility index (Phi) is 5.12. The number of nitrogens with one attached hydrogen (secondary N) is 1. The molecule has 29 heavy (non-hydrogen) atoms. The molecule has 4 aromatic rings. The summed E-state index contributed by atoms with van der Waals surface area (Å²) in [5.41, 5.74) is 2.47. The van der Waals surface area contributed by atoms with Gasteiger partial charge in [0.15, 0.2) is 0 Å². The van der Waals surface area contributed by atoms with Gasteiger partial charge < -0.3 is 14.5 Å². The predicted octanol–water partition coefficient (Wildman–Crippen LogP) is 5.11. The molecule has 1 aromatic heterocycles. The molecule has 0 aliphatic heterocycles. The molecule has 0 atom stereocenters. The summed E-state index contributed by atoms with van der Waals surface area (Å²) >= 11 is 0. The summed E-state index contributed by atoms with van der Waals surface area (Å²) in [4.78, 5) is 24.8. The molecule has 144 valence electrons. The lowest BCUT2D eigenvalue weighted by atomic mass is 10.0. The number of anilines is 1. The molecule has 1 heterocycles. The Morgan fingerprint density at radius 1 is 0.966 bits per heavy atom. The molecular weight excluding hydrogens is 366 g/mol. The van der Waals surface area contributed by atoms with Gasteiger partial charge >= 0.3 is 5.63 Å². The molecule has 0 bridgehead atoms. The first-order chi connectivity index (χ1) is 14.1. The van der Waals surface area contributed by atoms with E-state index in [9.17, 15) is 9.59 Å². The van der Waals surface area contributed by atoms with Crippen molar-refractivity contribution in [2.24, 2.45) is 0 Å². The van der Waals surface area contributed by atoms with Crippen LogP contribution < -0.4 is 15.7 Å². The van der Waals surface area contributed by atoms with Gasteiger partial charge in [0, 0.05) is 16.6 Å². The van der Waals surface area contributed by atoms with E-state index in [4.69, 9.17) is 9.15 Å². The Balaban J connectivity index is 1.54. The monoisotopic (exact) mass is 385 g/mol. The zero-order chi connectivity index (χ0) is 20.2. The van der Waals surface area contributed by atoms with E-state index in [0.29, 0.717) is 34.6 Å². The number of ether oxygens (including phenoxy) is 1. The van der Waals surface area contributed by atoms with E-state index in [-0.39, 0.29) is 5.91 Å². The van der Waals surface area contributed by atoms with Crippen LogP contribution in [-0.2, 0) is 0 Å². The summed E-state index contributed by atoms with van der Waals surface area (Å²) < 4.78 is 10.8. The summed E-state index contributed by atoms with van der Waals surface area (Å²) in [6.07, 6.45) is 0. The first-order valence-electron chi connectivity index (χ1n) is 9.31. The van der Waals surface area contributed by atoms with Crippen molar-refractivity contribution in [1.29, 1.82) is 0 Å². The summed E-state index contributed by atoms with van der Waals surface area (Å²) in [7, 11) is 0. The number of rotatable bonds is 5. The van der Waals surface area contributed by atoms with Gasteiger partial charge in [0.2, 0.25) is 0 Å². The Morgan fingerprint density at radius 2 is 1.69 bits per heavy atom. The Bertz CT molecular complexity index is 1210. The lowest BCUT2D eigenvalue weighted by Crippen LogP contribution is -2.11. The molecule has 1 N–H and O–H groups in total. The van der Waals surface area contributed by atoms with Gasteiger partial charge in [-0.2, -0.15) is 0 Å². The average molecular weight is 385 g/mol. The van der Waals surface area contributed by atoms with E-state index in [0.717, 1.165) is 11.1 Å². The maximum Gasteiger partial charge on any atom is 0.344 e. The second-order valence-corrected chi connectivity index (χ2v) is 6.47. The zero-order valence-electron chi connectivity index (χ0n) is 15.8. The third-order valence-electron chi connectivity index (χ3n) is 4.52. The fraction of sp³-hybridized carbons (Fsp3) is 0.0833. The van der Waals surface area contributed by atoms with Crippen LogP contribution in [0.5, 0.6) is 5.75 Å². The molecule has 0 saturated carbocycles. The topological polar surface area (TPSA) is 68.5 Å². The fourth-order valence-corrected chi connectivity index (χ4v) is 3.07. The summed E-state index contributed by atoms with van der Waals surface area (Å²) in [6, 6.07) is 23.2. The molecule has 1 amide bonds. The van der Waals surface area contributed by atoms with Crippen LogP contribution in [0.4, 0.5) is 5.69 Å². The van der Waals surface area contributed by atoms with Gasteiger partial charge in [0.25, 0.3) is 5.91 Å². The van der Waals surface area contributed by atoms with Crippen molar-refractivity contribution in [3.05, 3.63) is 94.8 Å². The maximum atomic E-state index is 12.5. The van der Waals surface area contributed by atoms with Crippen LogP contribution >= 0.6 is 0 Å². The van der Waals surface area contributed by atoms with E-state index in [1.807, 2.05) is 25.1 Å². The number of amides is 1. The lowest BCUT2D eigenvalue weighted by Gasteiger charge is -2.08. The highest BCUT2D eigenvalue weighted by molar-refractivity contribution is 6.04. The highest BCUT2D eigenvalue weighted by atomic mass is 16.5. The summed E-state index contributed by atoms with van der Waals surface area (Å²) in [6.45, 7) is 2.51. The van der Waals surface area contributed by atoms with Gasteiger partial charge in [-0.05, 0) is 61.0 Å². The molecule has 0 aliphatic carbocycles. The number of hydrogen-bond donors (Lipinski definition) is 1. The largest absolute Gasteiger partial charge is 0.494 e. The molecule has 0 unspecified atom stereocenters. The minimum Gasteiger partial charge on any atom is -0.494 e. The fourth-order valence-electron chi connectivity index (χ4n) is 3.07. The minimum absolute atomic E-state index is 0.230. The number of fused-ring (bicyclic) bond motifs is 1. The first kappa shape index (κ1) is 18.5. The molecule has 5 nitrogen and oxygen atoms in total. The second kappa shape index (κ2) is 8.02. The number of benzene rings is 3. The van der Waals surface area contributed by atoms with E-state index >= 15 is 0 Å². The predicted molar refractivity (Wildman–Crippen MR) is 113 cm³/mol. The van der Waals surface area contributed by atoms with Crippen molar-refractivity contribution in [2.75, 3.05) is 11.9 Å². The SMILES string of the molecule is CCOc1ccc(NC(=O)c2ccc(-c3cc4ccccc4oc3=O)cc2)cc1. The zero-order valence-corrected chi connectivity index (χ0v) is 15.8. The molecule has 0 aliphatic rings. The first-order valence-corrected chi connectivity index (χ1v) is 9.31. The molecule has 5 heteroatoms. The van der Waals surface area contributed by atoms with Crippen molar-refractivity contribution in [2.45, 2.75) is 6.92 Å². The average Bonchev–Trinajstić information content (AvgIpc) is 2.75. The Morgan fingerprint density at radius 3 is 2.41 bits per heavy atom. The standard InChI is InChI=1S/C24H19NO4/c1-2-28-20-13-11-19(12-14-20)25-23(26)17-9-7-16(8-10-17)21-15-18-5-3-4-6-22(18)29-24(21)27/h3-15H,2H2,1H3,(H,25,26). The van der Waals surface area contributed by atoms with Crippen molar-refractivity contribution in [1.82, 2.24) is 0 Å². The highest BCUT2D eigenvalue weighted by Gasteiger charge is 2.10. The summed E-state index contributed by atoms with van der Waals surface area (Å²) in [5, 5.41) is 3.69. The van der Waals surface area contributed by atoms with Gasteiger partial charge in [-0.1, -0.05) is 30.3 Å². The van der Waals surface area contributed by atoms with Crippen LogP contribution in [0.25, 0.3) is 22.1 Å². The van der Waals surface area contributed by atoms with E-state index in [1.165, 1.54) is 0 Å². The lowest BCUT2D eigenvalue weighted by molar-refractivity contribution is 0.102. The number of hydrogen-bond acceptors (Lipinski definition) is 4. The normalized spacial score (nSPS) is 10.7. The van der Waals surface area contributed by atoms with Crippen LogP contribution in [0.15, 0.2) is 88.1 Å². The smallest absolute Gasteiger partial charge is 0.344 e. The van der Waals surface area contributed by atoms with Crippen LogP contribution in [0.2, 0.25) is 0 Å². The molecule has 0 spiro atoms. The van der Waals surface area contributed by atoms with Crippen molar-refractivity contribution in [3.8, 4) is 16.9 Å². The van der Waals surface area contributed by atoms with Gasteiger partial charge in [-0.15, -0.1) is 0 Å². The van der Waals surface area contributed by atoms with Crippen molar-refractivity contribution < 1.29 is 13.9 Å². The molecule has 3 aromatic carbocycles. The number of carbonyl (C=O) groups is 1. The summed E-state index contributed by atoms with van der Waals surface area (Å²) in [5.74, 6) is 0.523. The van der Waals surface area contributed by atoms with Crippen LogP contribution in [0, 0.1) is 0 Å².